The number of carboxylic acids is 1. The summed E-state index contributed by atoms with van der Waals surface area (Å²) in [5.41, 5.74) is 12.7. The van der Waals surface area contributed by atoms with Crippen molar-refractivity contribution in [3.8, 4) is 0 Å². The molecule has 1 fully saturated rings. The standard InChI is InChI=1S/C8H10N2O2S.C5H11N/c11-8(12)7-3-5-4-10-9-2-1-6(5)13-7;6-5-3-1-2-4-5/h3,9-10H,1-2,4H2,(H,11,12);5H,1-4,6H2. The van der Waals surface area contributed by atoms with E-state index in [9.17, 15) is 4.79 Å². The Labute approximate surface area is 117 Å². The molecule has 0 aromatic carbocycles. The molecule has 2 aliphatic rings. The maximum atomic E-state index is 10.7. The minimum absolute atomic E-state index is 0.439. The van der Waals surface area contributed by atoms with Gasteiger partial charge in [-0.3, -0.25) is 10.9 Å². The number of hydrogen-bond donors (Lipinski definition) is 4. The third-order valence-electron chi connectivity index (χ3n) is 3.39. The minimum Gasteiger partial charge on any atom is -0.477 e. The first-order chi connectivity index (χ1) is 9.16. The fraction of sp³-hybridized carbons (Fsp3) is 0.615. The second-order valence-electron chi connectivity index (χ2n) is 4.94. The van der Waals surface area contributed by atoms with Crippen LogP contribution in [-0.2, 0) is 13.0 Å². The Morgan fingerprint density at radius 3 is 2.68 bits per heavy atom. The normalized spacial score (nSPS) is 19.2. The Bertz CT molecular complexity index is 404. The molecule has 5 nitrogen and oxygen atoms in total. The van der Waals surface area contributed by atoms with E-state index < -0.39 is 5.97 Å². The van der Waals surface area contributed by atoms with Crippen LogP contribution in [0.4, 0.5) is 0 Å². The van der Waals surface area contributed by atoms with Crippen LogP contribution in [0.5, 0.6) is 0 Å². The van der Waals surface area contributed by atoms with Crippen molar-refractivity contribution in [3.05, 3.63) is 21.4 Å². The molecule has 1 saturated carbocycles. The zero-order valence-electron chi connectivity index (χ0n) is 10.9. The smallest absolute Gasteiger partial charge is 0.345 e. The topological polar surface area (TPSA) is 87.4 Å². The molecule has 0 atom stereocenters. The molecule has 0 bridgehead atoms. The van der Waals surface area contributed by atoms with E-state index >= 15 is 0 Å². The molecule has 19 heavy (non-hydrogen) atoms. The summed E-state index contributed by atoms with van der Waals surface area (Å²) < 4.78 is 0. The summed E-state index contributed by atoms with van der Waals surface area (Å²) in [5, 5.41) is 8.78. The van der Waals surface area contributed by atoms with Gasteiger partial charge in [-0.25, -0.2) is 4.79 Å². The maximum absolute atomic E-state index is 10.7. The lowest BCUT2D eigenvalue weighted by atomic mass is 10.2. The first kappa shape index (κ1) is 14.5. The fourth-order valence-corrected chi connectivity index (χ4v) is 3.33. The fourth-order valence-electron chi connectivity index (χ4n) is 2.31. The van der Waals surface area contributed by atoms with E-state index in [1.807, 2.05) is 0 Å². The average molecular weight is 283 g/mol. The van der Waals surface area contributed by atoms with Gasteiger partial charge in [-0.2, -0.15) is 0 Å². The average Bonchev–Trinajstić information content (AvgIpc) is 2.95. The summed E-state index contributed by atoms with van der Waals surface area (Å²) in [5.74, 6) is -0.828. The predicted octanol–water partition coefficient (Wildman–Crippen LogP) is 1.48. The van der Waals surface area contributed by atoms with Crippen LogP contribution >= 0.6 is 11.3 Å². The largest absolute Gasteiger partial charge is 0.477 e. The van der Waals surface area contributed by atoms with Gasteiger partial charge in [-0.15, -0.1) is 11.3 Å². The lowest BCUT2D eigenvalue weighted by molar-refractivity contribution is 0.0702. The van der Waals surface area contributed by atoms with E-state index in [1.165, 1.54) is 41.9 Å². The van der Waals surface area contributed by atoms with E-state index in [2.05, 4.69) is 10.9 Å². The summed E-state index contributed by atoms with van der Waals surface area (Å²) in [7, 11) is 0. The molecule has 5 N–H and O–H groups in total. The first-order valence-corrected chi connectivity index (χ1v) is 7.54. The summed E-state index contributed by atoms with van der Waals surface area (Å²) in [6.07, 6.45) is 6.16. The molecule has 1 aromatic rings. The summed E-state index contributed by atoms with van der Waals surface area (Å²) in [6.45, 7) is 1.56. The molecule has 3 rings (SSSR count). The third-order valence-corrected chi connectivity index (χ3v) is 4.61. The molecular formula is C13H21N3O2S. The number of nitrogens with one attached hydrogen (secondary N) is 2. The van der Waals surface area contributed by atoms with Crippen molar-refractivity contribution in [2.75, 3.05) is 6.54 Å². The van der Waals surface area contributed by atoms with Crippen LogP contribution < -0.4 is 16.6 Å². The Morgan fingerprint density at radius 1 is 1.37 bits per heavy atom. The van der Waals surface area contributed by atoms with Crippen LogP contribution in [0.2, 0.25) is 0 Å². The van der Waals surface area contributed by atoms with Gasteiger partial charge in [-0.1, -0.05) is 12.8 Å². The van der Waals surface area contributed by atoms with E-state index in [4.69, 9.17) is 10.8 Å². The molecule has 0 radical (unpaired) electrons. The van der Waals surface area contributed by atoms with Gasteiger partial charge in [0.15, 0.2) is 0 Å². The van der Waals surface area contributed by atoms with Crippen LogP contribution in [0.1, 0.15) is 45.8 Å². The Balaban J connectivity index is 0.000000186. The van der Waals surface area contributed by atoms with Gasteiger partial charge in [0.2, 0.25) is 0 Å². The highest BCUT2D eigenvalue weighted by atomic mass is 32.1. The number of aromatic carboxylic acids is 1. The van der Waals surface area contributed by atoms with E-state index in [-0.39, 0.29) is 0 Å². The number of carbonyl (C=O) groups is 1. The number of nitrogens with two attached hydrogens (primary N) is 1. The van der Waals surface area contributed by atoms with Crippen LogP contribution in [0.15, 0.2) is 6.07 Å². The summed E-state index contributed by atoms with van der Waals surface area (Å²) in [4.78, 5) is 12.3. The van der Waals surface area contributed by atoms with Crippen molar-refractivity contribution in [1.82, 2.24) is 10.9 Å². The van der Waals surface area contributed by atoms with E-state index in [1.54, 1.807) is 6.07 Å². The van der Waals surface area contributed by atoms with Crippen molar-refractivity contribution >= 4 is 17.3 Å². The predicted molar refractivity (Wildman–Crippen MR) is 76.3 cm³/mol. The van der Waals surface area contributed by atoms with Crippen molar-refractivity contribution in [1.29, 1.82) is 0 Å². The van der Waals surface area contributed by atoms with Gasteiger partial charge in [0.1, 0.15) is 4.88 Å². The quantitative estimate of drug-likeness (QED) is 0.627. The first-order valence-electron chi connectivity index (χ1n) is 6.73. The molecular weight excluding hydrogens is 262 g/mol. The van der Waals surface area contributed by atoms with Gasteiger partial charge in [-0.05, 0) is 30.9 Å². The Hall–Kier alpha value is -0.950. The molecule has 2 heterocycles. The Morgan fingerprint density at radius 2 is 2.11 bits per heavy atom. The van der Waals surface area contributed by atoms with Gasteiger partial charge in [0, 0.05) is 24.0 Å². The number of rotatable bonds is 1. The highest BCUT2D eigenvalue weighted by Crippen LogP contribution is 2.23. The third kappa shape index (κ3) is 4.28. The number of hydrogen-bond acceptors (Lipinski definition) is 5. The van der Waals surface area contributed by atoms with Gasteiger partial charge in [0.05, 0.1) is 0 Å². The molecule has 1 aromatic heterocycles. The Kier molecular flexibility index (Phi) is 5.33. The zero-order valence-corrected chi connectivity index (χ0v) is 11.8. The van der Waals surface area contributed by atoms with Gasteiger partial charge in [0.25, 0.3) is 0 Å². The monoisotopic (exact) mass is 283 g/mol. The van der Waals surface area contributed by atoms with Crippen LogP contribution in [0, 0.1) is 0 Å². The SMILES string of the molecule is NC1CCCC1.O=C(O)c1cc2c(s1)CCNNC2. The number of hydrazine groups is 1. The lowest BCUT2D eigenvalue weighted by Gasteiger charge is -1.97. The minimum atomic E-state index is -0.828. The van der Waals surface area contributed by atoms with E-state index in [0.717, 1.165) is 18.5 Å². The number of carboxylic acid groups (broad SMARTS) is 1. The summed E-state index contributed by atoms with van der Waals surface area (Å²) in [6, 6.07) is 2.30. The van der Waals surface area contributed by atoms with Crippen LogP contribution in [0.25, 0.3) is 0 Å². The van der Waals surface area contributed by atoms with Crippen molar-refractivity contribution in [2.24, 2.45) is 5.73 Å². The molecule has 0 saturated heterocycles. The highest BCUT2D eigenvalue weighted by molar-refractivity contribution is 7.14. The maximum Gasteiger partial charge on any atom is 0.345 e. The molecule has 106 valence electrons. The zero-order chi connectivity index (χ0) is 13.7. The van der Waals surface area contributed by atoms with Crippen molar-refractivity contribution < 1.29 is 9.90 Å². The van der Waals surface area contributed by atoms with Crippen LogP contribution in [-0.4, -0.2) is 23.7 Å². The molecule has 1 aliphatic carbocycles. The van der Waals surface area contributed by atoms with Crippen molar-refractivity contribution in [2.45, 2.75) is 44.7 Å². The number of fused-ring (bicyclic) bond motifs is 1. The molecule has 0 spiro atoms. The molecule has 0 unspecified atom stereocenters. The molecule has 1 aliphatic heterocycles. The van der Waals surface area contributed by atoms with Gasteiger partial charge >= 0.3 is 5.97 Å². The second-order valence-corrected chi connectivity index (χ2v) is 6.08. The van der Waals surface area contributed by atoms with Crippen LogP contribution in [0.3, 0.4) is 0 Å². The lowest BCUT2D eigenvalue weighted by Crippen LogP contribution is -2.30. The summed E-state index contributed by atoms with van der Waals surface area (Å²) >= 11 is 1.38. The highest BCUT2D eigenvalue weighted by Gasteiger charge is 2.14. The molecule has 6 heteroatoms. The number of thiophene rings is 1. The van der Waals surface area contributed by atoms with Gasteiger partial charge < -0.3 is 10.8 Å². The van der Waals surface area contributed by atoms with E-state index in [0.29, 0.717) is 17.5 Å². The second kappa shape index (κ2) is 7.00. The van der Waals surface area contributed by atoms with Crippen molar-refractivity contribution in [3.63, 3.8) is 0 Å². The molecule has 0 amide bonds.